The van der Waals surface area contributed by atoms with Crippen molar-refractivity contribution in [1.29, 1.82) is 0 Å². The molecule has 3 aromatic rings. The van der Waals surface area contributed by atoms with E-state index in [1.54, 1.807) is 0 Å². The molecule has 0 atom stereocenters. The molecule has 0 saturated carbocycles. The Morgan fingerprint density at radius 1 is 1.03 bits per heavy atom. The van der Waals surface area contributed by atoms with Gasteiger partial charge in [0.25, 0.3) is 18.5 Å². The van der Waals surface area contributed by atoms with E-state index in [2.05, 4.69) is 15.2 Å². The summed E-state index contributed by atoms with van der Waals surface area (Å²) in [6.45, 7) is 0. The van der Waals surface area contributed by atoms with Gasteiger partial charge in [0.05, 0.1) is 22.4 Å². The Labute approximate surface area is 174 Å². The van der Waals surface area contributed by atoms with Gasteiger partial charge in [-0.05, 0) is 36.4 Å². The number of alkyl halides is 5. The van der Waals surface area contributed by atoms with Gasteiger partial charge in [0.2, 0.25) is 0 Å². The number of nitrogens with zero attached hydrogens (tertiary/aromatic N) is 1. The molecule has 3 rings (SSSR count). The molecule has 0 aliphatic heterocycles. The number of amides is 1. The Morgan fingerprint density at radius 2 is 1.69 bits per heavy atom. The van der Waals surface area contributed by atoms with Crippen LogP contribution in [0.5, 0.6) is 17.2 Å². The second-order valence-electron chi connectivity index (χ2n) is 6.09. The van der Waals surface area contributed by atoms with E-state index < -0.39 is 47.1 Å². The highest BCUT2D eigenvalue weighted by molar-refractivity contribution is 6.06. The fourth-order valence-electron chi connectivity index (χ4n) is 2.52. The number of hydrogen-bond acceptors (Lipinski definition) is 4. The number of carbonyl (C=O) groups is 1. The molecule has 0 saturated heterocycles. The molecule has 0 radical (unpaired) electrons. The lowest BCUT2D eigenvalue weighted by Gasteiger charge is -2.15. The summed E-state index contributed by atoms with van der Waals surface area (Å²) in [7, 11) is 0. The first-order valence-corrected chi connectivity index (χ1v) is 8.60. The van der Waals surface area contributed by atoms with Crippen LogP contribution in [-0.4, -0.2) is 17.4 Å². The van der Waals surface area contributed by atoms with E-state index in [0.717, 1.165) is 48.8 Å². The first kappa shape index (κ1) is 22.7. The summed E-state index contributed by atoms with van der Waals surface area (Å²) in [4.78, 5) is 23.6. The van der Waals surface area contributed by atoms with E-state index in [9.17, 15) is 36.0 Å². The van der Waals surface area contributed by atoms with Crippen LogP contribution in [0.1, 0.15) is 22.3 Å². The largest absolute Gasteiger partial charge is 0.573 e. The van der Waals surface area contributed by atoms with Crippen molar-refractivity contribution in [1.82, 2.24) is 5.10 Å². The minimum atomic E-state index is -4.91. The van der Waals surface area contributed by atoms with Gasteiger partial charge in [-0.3, -0.25) is 4.79 Å². The Hall–Kier alpha value is -4.03. The zero-order valence-electron chi connectivity index (χ0n) is 15.6. The van der Waals surface area contributed by atoms with Crippen molar-refractivity contribution >= 4 is 11.6 Å². The lowest BCUT2D eigenvalue weighted by molar-refractivity contribution is -0.564. The molecule has 0 fully saturated rings. The van der Waals surface area contributed by atoms with Crippen molar-refractivity contribution in [3.63, 3.8) is 0 Å². The van der Waals surface area contributed by atoms with Crippen LogP contribution in [-0.2, 0) is 0 Å². The van der Waals surface area contributed by atoms with Crippen LogP contribution in [0.4, 0.5) is 32.0 Å². The molecule has 168 valence electrons. The summed E-state index contributed by atoms with van der Waals surface area (Å²) >= 11 is 0. The topological polar surface area (TPSA) is 86.3 Å². The first-order chi connectivity index (χ1) is 15.0. The lowest BCUT2D eigenvalue weighted by atomic mass is 10.1. The van der Waals surface area contributed by atoms with E-state index in [0.29, 0.717) is 10.6 Å². The van der Waals surface area contributed by atoms with Gasteiger partial charge in [0, 0.05) is 6.07 Å². The Kier molecular flexibility index (Phi) is 6.37. The van der Waals surface area contributed by atoms with Crippen LogP contribution in [0.25, 0.3) is 0 Å². The third-order valence-electron chi connectivity index (χ3n) is 3.88. The molecule has 0 aliphatic carbocycles. The minimum Gasteiger partial charge on any atom is -0.456 e. The summed E-state index contributed by atoms with van der Waals surface area (Å²) in [5, 5.41) is 4.41. The maximum Gasteiger partial charge on any atom is 0.573 e. The number of aromatic amines is 1. The second kappa shape index (κ2) is 8.99. The number of ether oxygens (including phenoxy) is 2. The fourth-order valence-corrected chi connectivity index (χ4v) is 2.52. The predicted octanol–water partition coefficient (Wildman–Crippen LogP) is 4.95. The van der Waals surface area contributed by atoms with Crippen LogP contribution in [0, 0.1) is 10.7 Å². The normalized spacial score (nSPS) is 11.3. The summed E-state index contributed by atoms with van der Waals surface area (Å²) < 4.78 is 87.1. The number of carbonyl (C=O) groups excluding carboxylic acids is 1. The van der Waals surface area contributed by atoms with E-state index in [1.165, 1.54) is 0 Å². The van der Waals surface area contributed by atoms with Crippen molar-refractivity contribution in [2.45, 2.75) is 12.8 Å². The number of H-pyrrole nitrogens is 1. The van der Waals surface area contributed by atoms with Gasteiger partial charge in [-0.15, -0.1) is 18.3 Å². The molecule has 0 bridgehead atoms. The van der Waals surface area contributed by atoms with E-state index in [1.807, 2.05) is 0 Å². The number of hydrogen-bond donors (Lipinski definition) is 2. The monoisotopic (exact) mass is 460 g/mol. The van der Waals surface area contributed by atoms with Gasteiger partial charge in [0.15, 0.2) is 4.54 Å². The predicted molar refractivity (Wildman–Crippen MR) is 96.7 cm³/mol. The van der Waals surface area contributed by atoms with Crippen molar-refractivity contribution < 1.29 is 45.2 Å². The molecule has 13 heteroatoms. The fraction of sp³-hybridized carbons (Fsp3) is 0.105. The smallest absolute Gasteiger partial charge is 0.456 e. The SMILES string of the molecule is O=C(Nc1cc[n+](=O)[nH]c1)c1c(Oc2ccc(OC(F)(F)F)cc2)ccc(C(F)F)c1F. The minimum absolute atomic E-state index is 0.0172. The standard InChI is InChI=1S/C19H11F6N3O4/c20-16-13(17(21)22)5-6-14(15(16)18(29)27-10-7-8-28(30)26-9-10)31-11-1-3-12(4-2-11)32-19(23,24)25/h1-9,17H,(H-,26,27,29,30)/p+1. The van der Waals surface area contributed by atoms with Crippen LogP contribution in [0.3, 0.4) is 0 Å². The number of halogens is 6. The Morgan fingerprint density at radius 3 is 2.25 bits per heavy atom. The van der Waals surface area contributed by atoms with Crippen molar-refractivity contribution in [3.8, 4) is 17.2 Å². The zero-order valence-corrected chi connectivity index (χ0v) is 15.6. The van der Waals surface area contributed by atoms with Crippen molar-refractivity contribution in [2.24, 2.45) is 0 Å². The van der Waals surface area contributed by atoms with Crippen LogP contribution >= 0.6 is 0 Å². The molecule has 1 heterocycles. The molecule has 0 aliphatic rings. The number of rotatable bonds is 6. The third kappa shape index (κ3) is 5.56. The molecule has 2 N–H and O–H groups in total. The third-order valence-corrected chi connectivity index (χ3v) is 3.88. The van der Waals surface area contributed by atoms with E-state index in [4.69, 9.17) is 4.74 Å². The lowest BCUT2D eigenvalue weighted by Crippen LogP contribution is -2.20. The summed E-state index contributed by atoms with van der Waals surface area (Å²) in [6, 6.07) is 6.69. The highest BCUT2D eigenvalue weighted by atomic mass is 19.4. The molecule has 2 aromatic carbocycles. The molecule has 1 amide bonds. The van der Waals surface area contributed by atoms with Crippen molar-refractivity contribution in [3.05, 3.63) is 76.7 Å². The van der Waals surface area contributed by atoms with Crippen LogP contribution in [0.2, 0.25) is 0 Å². The molecular weight excluding hydrogens is 448 g/mol. The molecular formula is C19H12F6N3O4+. The molecule has 0 spiro atoms. The van der Waals surface area contributed by atoms with Gasteiger partial charge in [0.1, 0.15) is 28.6 Å². The van der Waals surface area contributed by atoms with Gasteiger partial charge in [-0.1, -0.05) is 0 Å². The Balaban J connectivity index is 1.93. The number of anilines is 1. The van der Waals surface area contributed by atoms with E-state index >= 15 is 0 Å². The summed E-state index contributed by atoms with van der Waals surface area (Å²) in [5.41, 5.74) is -1.92. The van der Waals surface area contributed by atoms with Gasteiger partial charge in [-0.25, -0.2) is 13.2 Å². The van der Waals surface area contributed by atoms with E-state index in [-0.39, 0.29) is 11.4 Å². The Bertz CT molecular complexity index is 1160. The number of benzene rings is 2. The second-order valence-corrected chi connectivity index (χ2v) is 6.09. The average Bonchev–Trinajstić information content (AvgIpc) is 2.70. The summed E-state index contributed by atoms with van der Waals surface area (Å²) in [5.74, 6) is -3.89. The van der Waals surface area contributed by atoms with Crippen LogP contribution < -0.4 is 19.3 Å². The van der Waals surface area contributed by atoms with Crippen LogP contribution in [0.15, 0.2) is 54.9 Å². The highest BCUT2D eigenvalue weighted by Gasteiger charge is 2.31. The van der Waals surface area contributed by atoms with Gasteiger partial charge >= 0.3 is 6.36 Å². The highest BCUT2D eigenvalue weighted by Crippen LogP contribution is 2.34. The zero-order chi connectivity index (χ0) is 23.5. The quantitative estimate of drug-likeness (QED) is 0.403. The maximum absolute atomic E-state index is 14.7. The van der Waals surface area contributed by atoms with Crippen molar-refractivity contribution in [2.75, 3.05) is 5.32 Å². The molecule has 7 nitrogen and oxygen atoms in total. The molecule has 1 aromatic heterocycles. The molecule has 0 unspecified atom stereocenters. The van der Waals surface area contributed by atoms with Gasteiger partial charge < -0.3 is 14.8 Å². The number of aromatic nitrogens is 2. The average molecular weight is 460 g/mol. The molecule has 32 heavy (non-hydrogen) atoms. The number of nitrogens with one attached hydrogen (secondary N) is 2. The first-order valence-electron chi connectivity index (χ1n) is 8.60. The summed E-state index contributed by atoms with van der Waals surface area (Å²) in [6.07, 6.45) is -6.09. The maximum atomic E-state index is 14.7. The van der Waals surface area contributed by atoms with Gasteiger partial charge in [-0.2, -0.15) is 0 Å².